The maximum Gasteiger partial charge on any atom is 0.407 e. The summed E-state index contributed by atoms with van der Waals surface area (Å²) in [6.45, 7) is 2.27. The van der Waals surface area contributed by atoms with Crippen LogP contribution in [0.4, 0.5) is 4.79 Å². The third kappa shape index (κ3) is 3.83. The maximum absolute atomic E-state index is 12.4. The Kier molecular flexibility index (Phi) is 4.74. The number of piperidine rings is 1. The van der Waals surface area contributed by atoms with E-state index < -0.39 is 15.4 Å². The number of amides is 2. The molecular weight excluding hydrogens is 334 g/mol. The highest BCUT2D eigenvalue weighted by atomic mass is 32.2. The van der Waals surface area contributed by atoms with E-state index in [4.69, 9.17) is 4.74 Å². The average Bonchev–Trinajstić information content (AvgIpc) is 3.08. The smallest absolute Gasteiger partial charge is 0.407 e. The Morgan fingerprint density at radius 1 is 1.42 bits per heavy atom. The summed E-state index contributed by atoms with van der Waals surface area (Å²) in [6, 6.07) is 0.0244. The van der Waals surface area contributed by atoms with Gasteiger partial charge in [0.25, 0.3) is 0 Å². The Labute approximate surface area is 142 Å². The minimum Gasteiger partial charge on any atom is -0.441 e. The molecule has 1 N–H and O–H groups in total. The lowest BCUT2D eigenvalue weighted by Gasteiger charge is -2.37. The molecule has 0 bridgehead atoms. The molecule has 1 atom stereocenters. The summed E-state index contributed by atoms with van der Waals surface area (Å²) in [5, 5.41) is 2.68. The van der Waals surface area contributed by atoms with Crippen LogP contribution in [0.1, 0.15) is 25.7 Å². The molecule has 3 fully saturated rings. The Morgan fingerprint density at radius 3 is 2.67 bits per heavy atom. The number of likely N-dealkylation sites (tertiary alicyclic amines) is 1. The minimum absolute atomic E-state index is 0.0244. The van der Waals surface area contributed by atoms with Crippen molar-refractivity contribution in [3.8, 4) is 0 Å². The Morgan fingerprint density at radius 2 is 2.12 bits per heavy atom. The van der Waals surface area contributed by atoms with Crippen LogP contribution in [-0.2, 0) is 19.4 Å². The molecule has 3 heterocycles. The van der Waals surface area contributed by atoms with Crippen molar-refractivity contribution < 1.29 is 22.7 Å². The van der Waals surface area contributed by atoms with Gasteiger partial charge in [0.1, 0.15) is 5.60 Å². The van der Waals surface area contributed by atoms with Gasteiger partial charge < -0.3 is 19.9 Å². The van der Waals surface area contributed by atoms with E-state index in [0.717, 1.165) is 0 Å². The van der Waals surface area contributed by atoms with E-state index in [1.165, 1.54) is 0 Å². The van der Waals surface area contributed by atoms with Crippen molar-refractivity contribution in [1.82, 2.24) is 15.1 Å². The van der Waals surface area contributed by atoms with Crippen LogP contribution < -0.4 is 5.32 Å². The summed E-state index contributed by atoms with van der Waals surface area (Å²) in [5.41, 5.74) is -0.442. The lowest BCUT2D eigenvalue weighted by molar-refractivity contribution is -0.134. The van der Waals surface area contributed by atoms with Gasteiger partial charge in [-0.1, -0.05) is 0 Å². The molecule has 9 heteroatoms. The Bertz CT molecular complexity index is 613. The number of ether oxygens (including phenoxy) is 1. The van der Waals surface area contributed by atoms with Gasteiger partial charge in [-0.15, -0.1) is 0 Å². The summed E-state index contributed by atoms with van der Waals surface area (Å²) in [7, 11) is -1.02. The van der Waals surface area contributed by atoms with Crippen LogP contribution in [-0.4, -0.2) is 86.6 Å². The fourth-order valence-electron chi connectivity index (χ4n) is 3.68. The summed E-state index contributed by atoms with van der Waals surface area (Å²) in [5.74, 6) is 0.522. The van der Waals surface area contributed by atoms with Gasteiger partial charge in [0, 0.05) is 44.9 Å². The third-order valence-corrected chi connectivity index (χ3v) is 7.15. The molecule has 0 radical (unpaired) electrons. The van der Waals surface area contributed by atoms with E-state index in [9.17, 15) is 18.0 Å². The first-order chi connectivity index (χ1) is 11.3. The first-order valence-electron chi connectivity index (χ1n) is 8.44. The number of rotatable bonds is 4. The molecule has 0 aliphatic carbocycles. The molecule has 3 rings (SSSR count). The van der Waals surface area contributed by atoms with Crippen molar-refractivity contribution in [2.45, 2.75) is 37.3 Å². The summed E-state index contributed by atoms with van der Waals surface area (Å²) < 4.78 is 28.4. The van der Waals surface area contributed by atoms with Crippen LogP contribution in [0.5, 0.6) is 0 Å². The van der Waals surface area contributed by atoms with E-state index in [1.807, 2.05) is 16.8 Å². The fraction of sp³-hybridized carbons (Fsp3) is 0.867. The second kappa shape index (κ2) is 6.51. The number of nitrogens with one attached hydrogen (secondary N) is 1. The van der Waals surface area contributed by atoms with Crippen molar-refractivity contribution in [2.75, 3.05) is 44.7 Å². The van der Waals surface area contributed by atoms with Crippen LogP contribution >= 0.6 is 0 Å². The molecule has 0 aromatic carbocycles. The average molecular weight is 359 g/mol. The summed E-state index contributed by atoms with van der Waals surface area (Å²) in [6.07, 6.45) is 1.99. The topological polar surface area (TPSA) is 96.0 Å². The van der Waals surface area contributed by atoms with Gasteiger partial charge in [0.2, 0.25) is 5.91 Å². The molecule has 136 valence electrons. The molecule has 8 nitrogen and oxygen atoms in total. The lowest BCUT2D eigenvalue weighted by Crippen LogP contribution is -2.49. The zero-order chi connectivity index (χ0) is 17.4. The van der Waals surface area contributed by atoms with Crippen LogP contribution in [0.15, 0.2) is 0 Å². The number of carbonyl (C=O) groups excluding carboxylic acids is 2. The second-order valence-electron chi connectivity index (χ2n) is 7.09. The summed E-state index contributed by atoms with van der Waals surface area (Å²) >= 11 is 0. The van der Waals surface area contributed by atoms with Gasteiger partial charge in [0.05, 0.1) is 18.1 Å². The molecular formula is C15H25N3O5S. The Hall–Kier alpha value is -1.35. The molecule has 24 heavy (non-hydrogen) atoms. The number of alkyl carbamates (subject to hydrolysis) is 1. The van der Waals surface area contributed by atoms with Crippen LogP contribution in [0.25, 0.3) is 0 Å². The maximum atomic E-state index is 12.4. The molecule has 0 aromatic rings. The molecule has 0 aromatic heterocycles. The molecule has 1 spiro atoms. The van der Waals surface area contributed by atoms with Crippen molar-refractivity contribution in [1.29, 1.82) is 0 Å². The first kappa shape index (κ1) is 17.5. The van der Waals surface area contributed by atoms with Crippen molar-refractivity contribution >= 4 is 21.8 Å². The first-order valence-corrected chi connectivity index (χ1v) is 10.3. The lowest BCUT2D eigenvalue weighted by atomic mass is 9.91. The third-order valence-electron chi connectivity index (χ3n) is 5.40. The second-order valence-corrected chi connectivity index (χ2v) is 9.32. The Balaban J connectivity index is 1.42. The van der Waals surface area contributed by atoms with Gasteiger partial charge in [-0.25, -0.2) is 13.2 Å². The molecule has 0 saturated carbocycles. The predicted octanol–water partition coefficient (Wildman–Crippen LogP) is -0.404. The highest BCUT2D eigenvalue weighted by molar-refractivity contribution is 7.91. The van der Waals surface area contributed by atoms with E-state index in [-0.39, 0.29) is 29.5 Å². The van der Waals surface area contributed by atoms with Gasteiger partial charge in [-0.3, -0.25) is 4.79 Å². The van der Waals surface area contributed by atoms with Crippen molar-refractivity contribution in [2.24, 2.45) is 0 Å². The van der Waals surface area contributed by atoms with E-state index >= 15 is 0 Å². The van der Waals surface area contributed by atoms with Gasteiger partial charge >= 0.3 is 6.09 Å². The van der Waals surface area contributed by atoms with E-state index in [2.05, 4.69) is 5.32 Å². The summed E-state index contributed by atoms with van der Waals surface area (Å²) in [4.78, 5) is 27.4. The van der Waals surface area contributed by atoms with Gasteiger partial charge in [-0.2, -0.15) is 0 Å². The normalized spacial score (nSPS) is 28.2. The number of sulfone groups is 1. The zero-order valence-electron chi connectivity index (χ0n) is 14.0. The SMILES string of the molecule is CN(CCC(=O)N1CCC2(CC1)CNC(=O)O2)C1CCS(=O)(=O)C1. The van der Waals surface area contributed by atoms with Crippen molar-refractivity contribution in [3.05, 3.63) is 0 Å². The molecule has 1 unspecified atom stereocenters. The van der Waals surface area contributed by atoms with E-state index in [1.54, 1.807) is 0 Å². The minimum atomic E-state index is -2.90. The van der Waals surface area contributed by atoms with Crippen LogP contribution in [0, 0.1) is 0 Å². The number of nitrogens with zero attached hydrogens (tertiary/aromatic N) is 2. The molecule has 2 amide bonds. The highest BCUT2D eigenvalue weighted by Gasteiger charge is 2.43. The van der Waals surface area contributed by atoms with E-state index in [0.29, 0.717) is 51.9 Å². The number of hydrogen-bond acceptors (Lipinski definition) is 6. The molecule has 3 saturated heterocycles. The zero-order valence-corrected chi connectivity index (χ0v) is 14.8. The van der Waals surface area contributed by atoms with Crippen molar-refractivity contribution in [3.63, 3.8) is 0 Å². The van der Waals surface area contributed by atoms with Gasteiger partial charge in [-0.05, 0) is 13.5 Å². The standard InChI is InChI=1S/C15H25N3O5S/c1-17(12-3-9-24(21,22)10-12)6-2-13(19)18-7-4-15(5-8-18)11-16-14(20)23-15/h12H,2-11H2,1H3,(H,16,20). The predicted molar refractivity (Wildman–Crippen MR) is 87.3 cm³/mol. The molecule has 3 aliphatic heterocycles. The molecule has 3 aliphatic rings. The highest BCUT2D eigenvalue weighted by Crippen LogP contribution is 2.29. The fourth-order valence-corrected chi connectivity index (χ4v) is 5.49. The number of carbonyl (C=O) groups is 2. The number of hydrogen-bond donors (Lipinski definition) is 1. The quantitative estimate of drug-likeness (QED) is 0.734. The van der Waals surface area contributed by atoms with Crippen LogP contribution in [0.2, 0.25) is 0 Å². The van der Waals surface area contributed by atoms with Crippen LogP contribution in [0.3, 0.4) is 0 Å². The largest absolute Gasteiger partial charge is 0.441 e. The van der Waals surface area contributed by atoms with Gasteiger partial charge in [0.15, 0.2) is 9.84 Å². The monoisotopic (exact) mass is 359 g/mol.